The fourth-order valence-electron chi connectivity index (χ4n) is 3.06. The van der Waals surface area contributed by atoms with Gasteiger partial charge in [-0.1, -0.05) is 25.0 Å². The Morgan fingerprint density at radius 2 is 1.12 bits per heavy atom. The number of ketones is 2. The molecule has 0 bridgehead atoms. The Balaban J connectivity index is 2.35. The summed E-state index contributed by atoms with van der Waals surface area (Å²) in [5.41, 5.74) is 2.62. The first-order valence-electron chi connectivity index (χ1n) is 6.16. The summed E-state index contributed by atoms with van der Waals surface area (Å²) in [4.78, 5) is 24.4. The van der Waals surface area contributed by atoms with Crippen LogP contribution in [0.1, 0.15) is 40.5 Å². The molecule has 2 rings (SSSR count). The molecule has 2 aliphatic rings. The van der Waals surface area contributed by atoms with Crippen molar-refractivity contribution < 1.29 is 9.59 Å². The minimum absolute atomic E-state index is 0.0256. The van der Waals surface area contributed by atoms with Gasteiger partial charge in [-0.05, 0) is 26.7 Å². The van der Waals surface area contributed by atoms with Crippen LogP contribution in [0, 0.1) is 23.7 Å². The van der Waals surface area contributed by atoms with Gasteiger partial charge >= 0.3 is 0 Å². The van der Waals surface area contributed by atoms with E-state index in [0.717, 1.165) is 12.8 Å². The van der Waals surface area contributed by atoms with Gasteiger partial charge in [-0.25, -0.2) is 0 Å². The van der Waals surface area contributed by atoms with Gasteiger partial charge in [0.05, 0.1) is 0 Å². The Morgan fingerprint density at radius 3 is 1.44 bits per heavy atom. The van der Waals surface area contributed by atoms with E-state index in [4.69, 9.17) is 0 Å². The van der Waals surface area contributed by atoms with E-state index in [1.807, 2.05) is 13.8 Å². The Hall–Kier alpha value is -0.920. The molecule has 1 fully saturated rings. The SMILES string of the molecule is CC1=C(C)CC2C(=O)C(C)C(C)C(=O)C2C1. The van der Waals surface area contributed by atoms with Gasteiger partial charge < -0.3 is 0 Å². The van der Waals surface area contributed by atoms with Crippen molar-refractivity contribution in [1.82, 2.24) is 0 Å². The van der Waals surface area contributed by atoms with E-state index in [0.29, 0.717) is 11.6 Å². The van der Waals surface area contributed by atoms with Crippen molar-refractivity contribution in [2.45, 2.75) is 40.5 Å². The van der Waals surface area contributed by atoms with Crippen LogP contribution in [-0.2, 0) is 9.59 Å². The number of carbonyl (C=O) groups excluding carboxylic acids is 2. The third kappa shape index (κ3) is 1.55. The molecule has 1 saturated carbocycles. The fraction of sp³-hybridized carbons (Fsp3) is 0.714. The van der Waals surface area contributed by atoms with Crippen molar-refractivity contribution in [2.75, 3.05) is 0 Å². The molecule has 0 heterocycles. The molecule has 88 valence electrons. The minimum atomic E-state index is -0.0834. The van der Waals surface area contributed by atoms with Crippen LogP contribution >= 0.6 is 0 Å². The molecule has 2 heteroatoms. The molecule has 2 aliphatic carbocycles. The summed E-state index contributed by atoms with van der Waals surface area (Å²) in [6.45, 7) is 7.99. The van der Waals surface area contributed by atoms with E-state index in [1.54, 1.807) is 0 Å². The molecular formula is C14H20O2. The molecule has 4 unspecified atom stereocenters. The molecule has 0 aromatic rings. The quantitative estimate of drug-likeness (QED) is 0.588. The van der Waals surface area contributed by atoms with Crippen LogP contribution in [-0.4, -0.2) is 11.6 Å². The van der Waals surface area contributed by atoms with E-state index < -0.39 is 0 Å². The molecule has 0 aliphatic heterocycles. The highest BCUT2D eigenvalue weighted by molar-refractivity contribution is 5.99. The molecule has 0 aromatic heterocycles. The fourth-order valence-corrected chi connectivity index (χ4v) is 3.06. The van der Waals surface area contributed by atoms with Crippen LogP contribution < -0.4 is 0 Å². The maximum atomic E-state index is 12.2. The first-order chi connectivity index (χ1) is 7.43. The van der Waals surface area contributed by atoms with Crippen molar-refractivity contribution in [3.05, 3.63) is 11.1 Å². The number of hydrogen-bond donors (Lipinski definition) is 0. The Morgan fingerprint density at radius 1 is 0.812 bits per heavy atom. The Labute approximate surface area is 97.1 Å². The van der Waals surface area contributed by atoms with Gasteiger partial charge in [0, 0.05) is 23.7 Å². The highest BCUT2D eigenvalue weighted by atomic mass is 16.1. The van der Waals surface area contributed by atoms with Crippen LogP contribution in [0.15, 0.2) is 11.1 Å². The number of hydrogen-bond acceptors (Lipinski definition) is 2. The number of allylic oxidation sites excluding steroid dienone is 2. The van der Waals surface area contributed by atoms with Crippen molar-refractivity contribution in [3.63, 3.8) is 0 Å². The van der Waals surface area contributed by atoms with Crippen LogP contribution in [0.5, 0.6) is 0 Å². The zero-order valence-electron chi connectivity index (χ0n) is 10.5. The second kappa shape index (κ2) is 3.83. The molecule has 0 spiro atoms. The lowest BCUT2D eigenvalue weighted by Gasteiger charge is -2.39. The summed E-state index contributed by atoms with van der Waals surface area (Å²) in [6, 6.07) is 0. The van der Waals surface area contributed by atoms with E-state index in [9.17, 15) is 9.59 Å². The molecule has 0 saturated heterocycles. The summed E-state index contributed by atoms with van der Waals surface area (Å²) < 4.78 is 0. The topological polar surface area (TPSA) is 34.1 Å². The lowest BCUT2D eigenvalue weighted by Crippen LogP contribution is -2.46. The molecule has 0 radical (unpaired) electrons. The maximum absolute atomic E-state index is 12.2. The third-order valence-electron chi connectivity index (χ3n) is 4.64. The normalized spacial score (nSPS) is 40.0. The minimum Gasteiger partial charge on any atom is -0.299 e. The smallest absolute Gasteiger partial charge is 0.140 e. The van der Waals surface area contributed by atoms with Gasteiger partial charge in [0.2, 0.25) is 0 Å². The van der Waals surface area contributed by atoms with Crippen LogP contribution in [0.3, 0.4) is 0 Å². The van der Waals surface area contributed by atoms with Gasteiger partial charge in [0.15, 0.2) is 0 Å². The van der Waals surface area contributed by atoms with Crippen molar-refractivity contribution >= 4 is 11.6 Å². The van der Waals surface area contributed by atoms with Crippen molar-refractivity contribution in [3.8, 4) is 0 Å². The van der Waals surface area contributed by atoms with Gasteiger partial charge in [0.25, 0.3) is 0 Å². The molecule has 0 N–H and O–H groups in total. The molecule has 2 nitrogen and oxygen atoms in total. The lowest BCUT2D eigenvalue weighted by molar-refractivity contribution is -0.146. The van der Waals surface area contributed by atoms with Crippen LogP contribution in [0.2, 0.25) is 0 Å². The highest BCUT2D eigenvalue weighted by Gasteiger charge is 2.46. The van der Waals surface area contributed by atoms with E-state index in [-0.39, 0.29) is 23.7 Å². The van der Waals surface area contributed by atoms with Gasteiger partial charge in [-0.3, -0.25) is 9.59 Å². The summed E-state index contributed by atoms with van der Waals surface area (Å²) in [5, 5.41) is 0. The largest absolute Gasteiger partial charge is 0.299 e. The van der Waals surface area contributed by atoms with E-state index in [2.05, 4.69) is 13.8 Å². The Kier molecular flexibility index (Phi) is 2.77. The molecule has 16 heavy (non-hydrogen) atoms. The lowest BCUT2D eigenvalue weighted by atomic mass is 9.62. The number of carbonyl (C=O) groups is 2. The predicted octanol–water partition coefficient (Wildman–Crippen LogP) is 2.77. The monoisotopic (exact) mass is 220 g/mol. The highest BCUT2D eigenvalue weighted by Crippen LogP contribution is 2.42. The zero-order chi connectivity index (χ0) is 12.0. The summed E-state index contributed by atoms with van der Waals surface area (Å²) in [7, 11) is 0. The van der Waals surface area contributed by atoms with E-state index >= 15 is 0 Å². The number of fused-ring (bicyclic) bond motifs is 1. The van der Waals surface area contributed by atoms with Gasteiger partial charge in [-0.2, -0.15) is 0 Å². The van der Waals surface area contributed by atoms with Crippen LogP contribution in [0.4, 0.5) is 0 Å². The molecule has 0 aromatic carbocycles. The second-order valence-electron chi connectivity index (χ2n) is 5.56. The standard InChI is InChI=1S/C14H20O2/c1-7-5-11-12(6-8(7)2)14(16)10(4)9(3)13(11)15/h9-12H,5-6H2,1-4H3. The van der Waals surface area contributed by atoms with Gasteiger partial charge in [-0.15, -0.1) is 0 Å². The summed E-state index contributed by atoms with van der Waals surface area (Å²) >= 11 is 0. The van der Waals surface area contributed by atoms with Crippen molar-refractivity contribution in [2.24, 2.45) is 23.7 Å². The molecule has 4 atom stereocenters. The zero-order valence-corrected chi connectivity index (χ0v) is 10.5. The van der Waals surface area contributed by atoms with Crippen LogP contribution in [0.25, 0.3) is 0 Å². The van der Waals surface area contributed by atoms with Gasteiger partial charge in [0.1, 0.15) is 11.6 Å². The van der Waals surface area contributed by atoms with Crippen molar-refractivity contribution in [1.29, 1.82) is 0 Å². The first kappa shape index (κ1) is 11.6. The maximum Gasteiger partial charge on any atom is 0.140 e. The average Bonchev–Trinajstić information content (AvgIpc) is 2.26. The third-order valence-corrected chi connectivity index (χ3v) is 4.64. The molecule has 0 amide bonds. The Bertz CT molecular complexity index is 342. The molecular weight excluding hydrogens is 200 g/mol. The van der Waals surface area contributed by atoms with E-state index in [1.165, 1.54) is 11.1 Å². The number of rotatable bonds is 0. The first-order valence-corrected chi connectivity index (χ1v) is 6.16. The second-order valence-corrected chi connectivity index (χ2v) is 5.56. The number of Topliss-reactive ketones (excluding diaryl/α,β-unsaturated/α-hetero) is 2. The summed E-state index contributed by atoms with van der Waals surface area (Å²) in [5.74, 6) is 0.401. The summed E-state index contributed by atoms with van der Waals surface area (Å²) in [6.07, 6.45) is 1.61. The average molecular weight is 220 g/mol. The predicted molar refractivity (Wildman–Crippen MR) is 62.9 cm³/mol.